The molecule has 4 nitrogen and oxygen atoms in total. The molecule has 0 fully saturated rings. The van der Waals surface area contributed by atoms with Gasteiger partial charge in [0.25, 0.3) is 5.95 Å². The molecule has 0 saturated carbocycles. The summed E-state index contributed by atoms with van der Waals surface area (Å²) in [4.78, 5) is 8.73. The lowest BCUT2D eigenvalue weighted by molar-refractivity contribution is 0.767. The van der Waals surface area contributed by atoms with Crippen LogP contribution in [-0.2, 0) is 6.42 Å². The van der Waals surface area contributed by atoms with Crippen LogP contribution in [0, 0.1) is 18.5 Å². The fourth-order valence-corrected chi connectivity index (χ4v) is 1.85. The van der Waals surface area contributed by atoms with Crippen molar-refractivity contribution in [3.05, 3.63) is 33.9 Å². The minimum absolute atomic E-state index is 0.613. The van der Waals surface area contributed by atoms with Crippen molar-refractivity contribution in [1.82, 2.24) is 19.7 Å². The van der Waals surface area contributed by atoms with Crippen LogP contribution in [0.15, 0.2) is 12.1 Å². The zero-order chi connectivity index (χ0) is 11.7. The van der Waals surface area contributed by atoms with E-state index in [1.165, 1.54) is 0 Å². The maximum atomic E-state index is 5.26. The highest BCUT2D eigenvalue weighted by atomic mass is 32.1. The number of H-pyrrole nitrogens is 1. The summed E-state index contributed by atoms with van der Waals surface area (Å²) < 4.78 is 2.45. The Morgan fingerprint density at radius 2 is 1.88 bits per heavy atom. The summed E-state index contributed by atoms with van der Waals surface area (Å²) in [6.45, 7) is 5.98. The lowest BCUT2D eigenvalue weighted by atomic mass is 10.3. The summed E-state index contributed by atoms with van der Waals surface area (Å²) in [5.74, 6) is 0.613. The first-order valence-corrected chi connectivity index (χ1v) is 5.64. The van der Waals surface area contributed by atoms with Gasteiger partial charge >= 0.3 is 0 Å². The molecule has 0 radical (unpaired) electrons. The van der Waals surface area contributed by atoms with Crippen molar-refractivity contribution in [2.75, 3.05) is 0 Å². The van der Waals surface area contributed by atoms with Crippen LogP contribution in [0.4, 0.5) is 0 Å². The van der Waals surface area contributed by atoms with Crippen molar-refractivity contribution < 1.29 is 0 Å². The second-order valence-electron chi connectivity index (χ2n) is 3.76. The monoisotopic (exact) mass is 234 g/mol. The molecule has 84 valence electrons. The van der Waals surface area contributed by atoms with Crippen molar-refractivity contribution in [3.63, 3.8) is 0 Å². The first-order chi connectivity index (χ1) is 7.60. The molecule has 0 amide bonds. The highest BCUT2D eigenvalue weighted by Crippen LogP contribution is 2.07. The fraction of sp³-hybridized carbons (Fsp3) is 0.364. The van der Waals surface area contributed by atoms with Crippen LogP contribution in [0.3, 0.4) is 0 Å². The van der Waals surface area contributed by atoms with Crippen LogP contribution in [-0.4, -0.2) is 19.7 Å². The first-order valence-electron chi connectivity index (χ1n) is 5.23. The molecule has 1 N–H and O–H groups in total. The number of rotatable bonds is 2. The molecule has 0 atom stereocenters. The van der Waals surface area contributed by atoms with Gasteiger partial charge in [-0.3, -0.25) is 5.10 Å². The molecule has 0 aliphatic carbocycles. The van der Waals surface area contributed by atoms with E-state index >= 15 is 0 Å². The Balaban J connectivity index is 2.57. The molecule has 0 saturated heterocycles. The Hall–Kier alpha value is -1.49. The van der Waals surface area contributed by atoms with Crippen molar-refractivity contribution in [2.24, 2.45) is 0 Å². The van der Waals surface area contributed by atoms with E-state index in [0.717, 1.165) is 23.5 Å². The second-order valence-corrected chi connectivity index (χ2v) is 4.18. The van der Waals surface area contributed by atoms with E-state index in [1.54, 1.807) is 4.68 Å². The minimum Gasteiger partial charge on any atom is -0.294 e. The van der Waals surface area contributed by atoms with Gasteiger partial charge in [-0.05, 0) is 32.4 Å². The molecule has 0 unspecified atom stereocenters. The third kappa shape index (κ3) is 2.04. The molecule has 2 heterocycles. The number of hydrogen-bond acceptors (Lipinski definition) is 3. The average molecular weight is 234 g/mol. The van der Waals surface area contributed by atoms with Gasteiger partial charge in [-0.2, -0.15) is 0 Å². The van der Waals surface area contributed by atoms with Gasteiger partial charge in [0.15, 0.2) is 0 Å². The molecular weight excluding hydrogens is 220 g/mol. The molecule has 2 aromatic rings. The second kappa shape index (κ2) is 4.17. The van der Waals surface area contributed by atoms with Gasteiger partial charge in [0.1, 0.15) is 4.64 Å². The highest BCUT2D eigenvalue weighted by Gasteiger charge is 2.05. The number of nitrogens with one attached hydrogen (secondary N) is 1. The average Bonchev–Trinajstić information content (AvgIpc) is 2.58. The van der Waals surface area contributed by atoms with E-state index in [9.17, 15) is 0 Å². The van der Waals surface area contributed by atoms with Crippen molar-refractivity contribution >= 4 is 12.2 Å². The van der Waals surface area contributed by atoms with Crippen molar-refractivity contribution in [2.45, 2.75) is 27.2 Å². The predicted molar refractivity (Wildman–Crippen MR) is 65.4 cm³/mol. The molecule has 2 aromatic heterocycles. The summed E-state index contributed by atoms with van der Waals surface area (Å²) in [6, 6.07) is 3.88. The quantitative estimate of drug-likeness (QED) is 0.812. The van der Waals surface area contributed by atoms with Crippen molar-refractivity contribution in [3.8, 4) is 5.95 Å². The van der Waals surface area contributed by atoms with Crippen LogP contribution in [0.1, 0.15) is 24.0 Å². The van der Waals surface area contributed by atoms with E-state index < -0.39 is 0 Å². The Kier molecular flexibility index (Phi) is 2.87. The Labute approximate surface area is 99.4 Å². The first kappa shape index (κ1) is 11.0. The normalized spacial score (nSPS) is 10.7. The van der Waals surface area contributed by atoms with Gasteiger partial charge in [-0.1, -0.05) is 19.1 Å². The van der Waals surface area contributed by atoms with Gasteiger partial charge in [-0.15, -0.1) is 0 Å². The summed E-state index contributed by atoms with van der Waals surface area (Å²) >= 11 is 5.26. The van der Waals surface area contributed by atoms with E-state index in [1.807, 2.05) is 26.0 Å². The number of aromatic amines is 1. The minimum atomic E-state index is 0.613. The molecular formula is C11H14N4S. The third-order valence-corrected chi connectivity index (χ3v) is 2.63. The van der Waals surface area contributed by atoms with Crippen LogP contribution >= 0.6 is 12.2 Å². The number of hydrogen-bond donors (Lipinski definition) is 1. The Morgan fingerprint density at radius 1 is 1.25 bits per heavy atom. The van der Waals surface area contributed by atoms with Gasteiger partial charge in [0, 0.05) is 17.1 Å². The van der Waals surface area contributed by atoms with E-state index in [0.29, 0.717) is 10.6 Å². The lowest BCUT2D eigenvalue weighted by Gasteiger charge is -2.03. The largest absolute Gasteiger partial charge is 0.294 e. The van der Waals surface area contributed by atoms with Gasteiger partial charge in [0.05, 0.1) is 0 Å². The molecule has 2 rings (SSSR count). The molecule has 0 aliphatic rings. The zero-order valence-electron chi connectivity index (χ0n) is 9.61. The van der Waals surface area contributed by atoms with Crippen molar-refractivity contribution in [1.29, 1.82) is 0 Å². The topological polar surface area (TPSA) is 46.5 Å². The third-order valence-electron chi connectivity index (χ3n) is 2.32. The van der Waals surface area contributed by atoms with Crippen LogP contribution in [0.5, 0.6) is 0 Å². The summed E-state index contributed by atoms with van der Waals surface area (Å²) in [6.07, 6.45) is 0.918. The molecule has 0 spiro atoms. The standard InChI is InChI=1S/C11H14N4S/c1-4-9-6-10(16)15(14-9)11-12-7(2)5-8(3)13-11/h5-6,14H,4H2,1-3H3. The SMILES string of the molecule is CCc1cc(=S)n(-c2nc(C)cc(C)n2)[nH]1. The number of aryl methyl sites for hydroxylation is 3. The predicted octanol–water partition coefficient (Wildman–Crippen LogP) is 2.50. The summed E-state index contributed by atoms with van der Waals surface area (Å²) in [5, 5.41) is 3.19. The fourth-order valence-electron chi connectivity index (χ4n) is 1.58. The molecule has 5 heteroatoms. The van der Waals surface area contributed by atoms with E-state index in [-0.39, 0.29) is 0 Å². The van der Waals surface area contributed by atoms with Crippen LogP contribution in [0.2, 0.25) is 0 Å². The summed E-state index contributed by atoms with van der Waals surface area (Å²) in [5.41, 5.74) is 2.97. The Bertz CT molecular complexity index is 547. The van der Waals surface area contributed by atoms with E-state index in [4.69, 9.17) is 12.2 Å². The lowest BCUT2D eigenvalue weighted by Crippen LogP contribution is -2.05. The van der Waals surface area contributed by atoms with Crippen LogP contribution in [0.25, 0.3) is 5.95 Å². The Morgan fingerprint density at radius 3 is 2.38 bits per heavy atom. The maximum Gasteiger partial charge on any atom is 0.250 e. The molecule has 0 aliphatic heterocycles. The molecule has 16 heavy (non-hydrogen) atoms. The molecule has 0 aromatic carbocycles. The maximum absolute atomic E-state index is 5.26. The highest BCUT2D eigenvalue weighted by molar-refractivity contribution is 7.71. The number of nitrogens with zero attached hydrogens (tertiary/aromatic N) is 3. The smallest absolute Gasteiger partial charge is 0.250 e. The zero-order valence-corrected chi connectivity index (χ0v) is 10.4. The van der Waals surface area contributed by atoms with Gasteiger partial charge in [0.2, 0.25) is 0 Å². The summed E-state index contributed by atoms with van der Waals surface area (Å²) in [7, 11) is 0. The van der Waals surface area contributed by atoms with Crippen LogP contribution < -0.4 is 0 Å². The molecule has 0 bridgehead atoms. The van der Waals surface area contributed by atoms with E-state index in [2.05, 4.69) is 22.0 Å². The van der Waals surface area contributed by atoms with Gasteiger partial charge < -0.3 is 0 Å². The number of aromatic nitrogens is 4. The van der Waals surface area contributed by atoms with Gasteiger partial charge in [-0.25, -0.2) is 14.6 Å².